The van der Waals surface area contributed by atoms with Gasteiger partial charge in [0.05, 0.1) is 26.4 Å². The molecule has 2 unspecified atom stereocenters. The van der Waals surface area contributed by atoms with Crippen LogP contribution in [0.3, 0.4) is 0 Å². The molecule has 0 aliphatic rings. The Morgan fingerprint density at radius 2 is 0.360 bits per heavy atom. The van der Waals surface area contributed by atoms with Crippen molar-refractivity contribution in [3.8, 4) is 0 Å². The molecular weight excluding hydrogens is 1440 g/mol. The molecule has 0 saturated carbocycles. The van der Waals surface area contributed by atoms with E-state index < -0.39 is 97.5 Å². The van der Waals surface area contributed by atoms with E-state index in [0.717, 1.165) is 89.9 Å². The minimum Gasteiger partial charge on any atom is -0.462 e. The number of esters is 4. The highest BCUT2D eigenvalue weighted by Crippen LogP contribution is 2.45. The lowest BCUT2D eigenvalue weighted by Crippen LogP contribution is -2.30. The van der Waals surface area contributed by atoms with Crippen molar-refractivity contribution in [2.45, 2.75) is 528 Å². The van der Waals surface area contributed by atoms with E-state index >= 15 is 0 Å². The second-order valence-corrected chi connectivity index (χ2v) is 36.0. The summed E-state index contributed by atoms with van der Waals surface area (Å²) < 4.78 is 69.1. The van der Waals surface area contributed by atoms with Crippen LogP contribution in [0.15, 0.2) is 0 Å². The normalized spacial score (nSPS) is 13.6. The van der Waals surface area contributed by atoms with Crippen LogP contribution < -0.4 is 0 Å². The first-order chi connectivity index (χ1) is 54.2. The molecule has 5 atom stereocenters. The van der Waals surface area contributed by atoms with E-state index in [1.807, 2.05) is 0 Å². The van der Waals surface area contributed by atoms with Gasteiger partial charge in [0.1, 0.15) is 19.3 Å². The molecule has 0 aliphatic carbocycles. The van der Waals surface area contributed by atoms with E-state index in [2.05, 4.69) is 27.7 Å². The van der Waals surface area contributed by atoms with Gasteiger partial charge in [0, 0.05) is 25.7 Å². The summed E-state index contributed by atoms with van der Waals surface area (Å²) in [6.45, 7) is 5.08. The largest absolute Gasteiger partial charge is 0.472 e. The van der Waals surface area contributed by atoms with Gasteiger partial charge in [-0.1, -0.05) is 458 Å². The van der Waals surface area contributed by atoms with Gasteiger partial charge in [0.2, 0.25) is 0 Å². The highest BCUT2D eigenvalue weighted by atomic mass is 31.2. The van der Waals surface area contributed by atoms with E-state index in [9.17, 15) is 43.2 Å². The van der Waals surface area contributed by atoms with Gasteiger partial charge in [-0.05, 0) is 25.7 Å². The number of unbranched alkanes of at least 4 members (excludes halogenated alkanes) is 67. The van der Waals surface area contributed by atoms with E-state index in [-0.39, 0.29) is 25.7 Å². The molecule has 0 aromatic carbocycles. The van der Waals surface area contributed by atoms with Crippen LogP contribution >= 0.6 is 15.6 Å². The third-order valence-electron chi connectivity index (χ3n) is 21.9. The summed E-state index contributed by atoms with van der Waals surface area (Å²) >= 11 is 0. The third kappa shape index (κ3) is 85.8. The topological polar surface area (TPSA) is 237 Å². The Bertz CT molecular complexity index is 2090. The van der Waals surface area contributed by atoms with Crippen molar-refractivity contribution in [3.63, 3.8) is 0 Å². The standard InChI is InChI=1S/C92H180O17P2/c1-5-9-13-17-21-25-29-32-35-38-41-43-45-47-50-53-56-59-63-67-71-75-79-92(97)109-88(83-103-90(95)77-73-69-65-61-57-54-51-49-46-44-42-39-36-33-30-26-22-18-14-10-6-2)85-107-111(100,101)105-81-86(93)80-104-110(98,99)106-84-87(82-102-89(94)76-72-68-64-60-28-24-20-16-12-8-4)108-91(96)78-74-70-66-62-58-55-52-48-40-37-34-31-27-23-19-15-11-7-3/h86-88,93H,5-85H2,1-4H3,(H,98,99)(H,100,101)/t86-,87+,88+/m0/s1. The Hall–Kier alpha value is -1.94. The van der Waals surface area contributed by atoms with Crippen molar-refractivity contribution in [1.82, 2.24) is 0 Å². The SMILES string of the molecule is CCCCCCCCCCCCCCCCCCCCCCCCC(=O)O[C@H](COC(=O)CCCCCCCCCCCCCCCCCCCCCCC)COP(=O)(O)OC[C@@H](O)COP(=O)(O)OC[C@@H](COC(=O)CCCCCCCCCCCC)OC(=O)CCCCCCCCCCCCCCCCCCCC. The van der Waals surface area contributed by atoms with Gasteiger partial charge in [0.25, 0.3) is 0 Å². The lowest BCUT2D eigenvalue weighted by atomic mass is 10.0. The minimum absolute atomic E-state index is 0.110. The van der Waals surface area contributed by atoms with Gasteiger partial charge >= 0.3 is 39.5 Å². The van der Waals surface area contributed by atoms with Crippen molar-refractivity contribution in [2.75, 3.05) is 39.6 Å². The van der Waals surface area contributed by atoms with Crippen LogP contribution in [-0.4, -0.2) is 96.7 Å². The highest BCUT2D eigenvalue weighted by Gasteiger charge is 2.31. The minimum atomic E-state index is -4.97. The average molecular weight is 1620 g/mol. The maximum Gasteiger partial charge on any atom is 0.472 e. The monoisotopic (exact) mass is 1620 g/mol. The Kier molecular flexibility index (Phi) is 84.4. The summed E-state index contributed by atoms with van der Waals surface area (Å²) in [5, 5.41) is 10.7. The fraction of sp³-hybridized carbons (Fsp3) is 0.957. The van der Waals surface area contributed by atoms with E-state index in [4.69, 9.17) is 37.0 Å². The predicted molar refractivity (Wildman–Crippen MR) is 460 cm³/mol. The van der Waals surface area contributed by atoms with Gasteiger partial charge < -0.3 is 33.8 Å². The molecule has 0 aliphatic heterocycles. The van der Waals surface area contributed by atoms with Crippen molar-refractivity contribution in [3.05, 3.63) is 0 Å². The van der Waals surface area contributed by atoms with Crippen LogP contribution in [0.2, 0.25) is 0 Å². The molecule has 17 nitrogen and oxygen atoms in total. The zero-order valence-corrected chi connectivity index (χ0v) is 74.7. The molecule has 0 rings (SSSR count). The zero-order chi connectivity index (χ0) is 81.0. The molecule has 660 valence electrons. The molecule has 0 aromatic rings. The molecule has 0 spiro atoms. The summed E-state index contributed by atoms with van der Waals surface area (Å²) in [4.78, 5) is 73.4. The molecular formula is C92H180O17P2. The molecule has 0 aromatic heterocycles. The van der Waals surface area contributed by atoms with Crippen LogP contribution in [0.1, 0.15) is 509 Å². The zero-order valence-electron chi connectivity index (χ0n) is 73.0. The number of aliphatic hydroxyl groups excluding tert-OH is 1. The number of ether oxygens (including phenoxy) is 4. The Labute approximate surface area is 683 Å². The Morgan fingerprint density at radius 3 is 0.532 bits per heavy atom. The summed E-state index contributed by atoms with van der Waals surface area (Å²) in [7, 11) is -9.93. The third-order valence-corrected chi connectivity index (χ3v) is 23.8. The number of phosphoric acid groups is 2. The molecule has 0 amide bonds. The molecule has 111 heavy (non-hydrogen) atoms. The number of aliphatic hydroxyl groups is 1. The molecule has 19 heteroatoms. The van der Waals surface area contributed by atoms with Crippen LogP contribution in [0, 0.1) is 0 Å². The second-order valence-electron chi connectivity index (χ2n) is 33.1. The number of hydrogen-bond donors (Lipinski definition) is 3. The first kappa shape index (κ1) is 109. The van der Waals surface area contributed by atoms with Crippen molar-refractivity contribution < 1.29 is 80.2 Å². The van der Waals surface area contributed by atoms with Crippen LogP contribution in [0.5, 0.6) is 0 Å². The molecule has 0 radical (unpaired) electrons. The van der Waals surface area contributed by atoms with Crippen LogP contribution in [0.25, 0.3) is 0 Å². The van der Waals surface area contributed by atoms with Gasteiger partial charge in [-0.2, -0.15) is 0 Å². The fourth-order valence-electron chi connectivity index (χ4n) is 14.6. The summed E-state index contributed by atoms with van der Waals surface area (Å²) in [6, 6.07) is 0. The van der Waals surface area contributed by atoms with Gasteiger partial charge in [-0.15, -0.1) is 0 Å². The molecule has 0 saturated heterocycles. The Balaban J connectivity index is 5.20. The number of hydrogen-bond acceptors (Lipinski definition) is 15. The maximum absolute atomic E-state index is 13.2. The van der Waals surface area contributed by atoms with Crippen LogP contribution in [0.4, 0.5) is 0 Å². The van der Waals surface area contributed by atoms with Gasteiger partial charge in [-0.3, -0.25) is 37.3 Å². The lowest BCUT2D eigenvalue weighted by Gasteiger charge is -2.21. The van der Waals surface area contributed by atoms with Crippen molar-refractivity contribution >= 4 is 39.5 Å². The highest BCUT2D eigenvalue weighted by molar-refractivity contribution is 7.47. The van der Waals surface area contributed by atoms with Crippen molar-refractivity contribution in [1.29, 1.82) is 0 Å². The number of carbonyl (C=O) groups is 4. The number of phosphoric ester groups is 2. The first-order valence-corrected chi connectivity index (χ1v) is 50.8. The lowest BCUT2D eigenvalue weighted by molar-refractivity contribution is -0.161. The summed E-state index contributed by atoms with van der Waals surface area (Å²) in [5.41, 5.74) is 0. The van der Waals surface area contributed by atoms with E-state index in [0.29, 0.717) is 25.7 Å². The van der Waals surface area contributed by atoms with Gasteiger partial charge in [-0.25, -0.2) is 9.13 Å². The number of rotatable bonds is 93. The molecule has 0 heterocycles. The van der Waals surface area contributed by atoms with E-state index in [1.54, 1.807) is 0 Å². The Morgan fingerprint density at radius 1 is 0.216 bits per heavy atom. The van der Waals surface area contributed by atoms with E-state index in [1.165, 1.54) is 340 Å². The number of carbonyl (C=O) groups excluding carboxylic acids is 4. The quantitative estimate of drug-likeness (QED) is 0.0222. The molecule has 3 N–H and O–H groups in total. The van der Waals surface area contributed by atoms with Crippen LogP contribution in [-0.2, 0) is 65.4 Å². The maximum atomic E-state index is 13.2. The summed E-state index contributed by atoms with van der Waals surface area (Å²) in [6.07, 6.45) is 83.6. The van der Waals surface area contributed by atoms with Crippen molar-refractivity contribution in [2.24, 2.45) is 0 Å². The second kappa shape index (κ2) is 85.9. The first-order valence-electron chi connectivity index (χ1n) is 47.8. The molecule has 0 fully saturated rings. The fourth-order valence-corrected chi connectivity index (χ4v) is 16.2. The van der Waals surface area contributed by atoms with Gasteiger partial charge in [0.15, 0.2) is 12.2 Å². The smallest absolute Gasteiger partial charge is 0.462 e. The summed E-state index contributed by atoms with van der Waals surface area (Å²) in [5.74, 6) is -2.09. The average Bonchev–Trinajstić information content (AvgIpc) is 0.898. The molecule has 0 bridgehead atoms. The predicted octanol–water partition coefficient (Wildman–Crippen LogP) is 28.9.